The summed E-state index contributed by atoms with van der Waals surface area (Å²) in [5.41, 5.74) is 7.83. The highest BCUT2D eigenvalue weighted by Gasteiger charge is 2.16. The fourth-order valence-electron chi connectivity index (χ4n) is 2.07. The van der Waals surface area contributed by atoms with Gasteiger partial charge in [0, 0.05) is 6.07 Å². The lowest BCUT2D eigenvalue weighted by atomic mass is 10.3. The van der Waals surface area contributed by atoms with E-state index in [2.05, 4.69) is 15.0 Å². The number of nitrogens with zero attached hydrogens (tertiary/aromatic N) is 4. The average Bonchev–Trinajstić information content (AvgIpc) is 2.75. The summed E-state index contributed by atoms with van der Waals surface area (Å²) >= 11 is 6.21. The maximum atomic E-state index is 6.21. The van der Waals surface area contributed by atoms with Crippen LogP contribution in [-0.4, -0.2) is 26.6 Å². The van der Waals surface area contributed by atoms with Gasteiger partial charge in [-0.05, 0) is 19.1 Å². The third kappa shape index (κ3) is 1.94. The Kier molecular flexibility index (Phi) is 2.94. The van der Waals surface area contributed by atoms with Gasteiger partial charge in [-0.3, -0.25) is 4.57 Å². The minimum Gasteiger partial charge on any atom is -0.497 e. The average molecular weight is 290 g/mol. The molecule has 0 atom stereocenters. The van der Waals surface area contributed by atoms with Crippen LogP contribution in [0.4, 0.5) is 5.95 Å². The van der Waals surface area contributed by atoms with Crippen LogP contribution in [0.5, 0.6) is 5.75 Å². The summed E-state index contributed by atoms with van der Waals surface area (Å²) in [6.07, 6.45) is 0. The molecule has 2 N–H and O–H groups in total. The Morgan fingerprint density at radius 2 is 2.05 bits per heavy atom. The van der Waals surface area contributed by atoms with Crippen molar-refractivity contribution in [2.45, 2.75) is 6.92 Å². The van der Waals surface area contributed by atoms with E-state index in [1.807, 2.05) is 24.3 Å². The van der Waals surface area contributed by atoms with E-state index < -0.39 is 0 Å². The van der Waals surface area contributed by atoms with Gasteiger partial charge in [0.15, 0.2) is 10.8 Å². The summed E-state index contributed by atoms with van der Waals surface area (Å²) in [6, 6.07) is 7.44. The zero-order chi connectivity index (χ0) is 14.3. The smallest absolute Gasteiger partial charge is 0.207 e. The predicted octanol–water partition coefficient (Wildman–Crippen LogP) is 2.37. The fourth-order valence-corrected chi connectivity index (χ4v) is 2.36. The van der Waals surface area contributed by atoms with Gasteiger partial charge in [-0.25, -0.2) is 9.97 Å². The van der Waals surface area contributed by atoms with E-state index in [-0.39, 0.29) is 0 Å². The number of anilines is 1. The maximum absolute atomic E-state index is 6.21. The van der Waals surface area contributed by atoms with Crippen molar-refractivity contribution in [3.05, 3.63) is 35.2 Å². The quantitative estimate of drug-likeness (QED) is 0.733. The zero-order valence-corrected chi connectivity index (χ0v) is 11.7. The second-order valence-electron chi connectivity index (χ2n) is 4.24. The summed E-state index contributed by atoms with van der Waals surface area (Å²) < 4.78 is 6.92. The molecule has 3 aromatic rings. The van der Waals surface area contributed by atoms with Crippen LogP contribution in [0.2, 0.25) is 5.15 Å². The number of hydrogen-bond donors (Lipinski definition) is 1. The molecule has 2 heterocycles. The van der Waals surface area contributed by atoms with Crippen molar-refractivity contribution in [1.29, 1.82) is 0 Å². The number of aryl methyl sites for hydroxylation is 1. The van der Waals surface area contributed by atoms with Crippen LogP contribution in [0.1, 0.15) is 5.82 Å². The first-order valence-electron chi connectivity index (χ1n) is 5.92. The Balaban J connectivity index is 2.32. The van der Waals surface area contributed by atoms with E-state index in [9.17, 15) is 0 Å². The van der Waals surface area contributed by atoms with Crippen molar-refractivity contribution in [3.63, 3.8) is 0 Å². The molecule has 0 fully saturated rings. The highest BCUT2D eigenvalue weighted by atomic mass is 35.5. The fraction of sp³-hybridized carbons (Fsp3) is 0.154. The molecular weight excluding hydrogens is 278 g/mol. The lowest BCUT2D eigenvalue weighted by molar-refractivity contribution is 0.414. The van der Waals surface area contributed by atoms with Gasteiger partial charge in [0.2, 0.25) is 5.95 Å². The molecule has 7 heteroatoms. The van der Waals surface area contributed by atoms with Crippen molar-refractivity contribution >= 4 is 28.7 Å². The molecule has 1 aromatic carbocycles. The Bertz CT molecular complexity index is 799. The van der Waals surface area contributed by atoms with Crippen LogP contribution in [0.3, 0.4) is 0 Å². The van der Waals surface area contributed by atoms with Gasteiger partial charge >= 0.3 is 0 Å². The van der Waals surface area contributed by atoms with Gasteiger partial charge in [0.05, 0.1) is 12.8 Å². The Morgan fingerprint density at radius 3 is 2.80 bits per heavy atom. The SMILES string of the molecule is COc1cccc(-n2c(N)nc3nc(C)nc(Cl)c32)c1. The molecular formula is C13H12ClN5O. The Morgan fingerprint density at radius 1 is 1.25 bits per heavy atom. The first-order valence-corrected chi connectivity index (χ1v) is 6.30. The van der Waals surface area contributed by atoms with Crippen LogP contribution in [0.15, 0.2) is 24.3 Å². The molecule has 102 valence electrons. The number of imidazole rings is 1. The minimum absolute atomic E-state index is 0.301. The number of ether oxygens (including phenoxy) is 1. The summed E-state index contributed by atoms with van der Waals surface area (Å²) in [4.78, 5) is 12.6. The van der Waals surface area contributed by atoms with Crippen molar-refractivity contribution in [1.82, 2.24) is 19.5 Å². The molecule has 0 aliphatic rings. The van der Waals surface area contributed by atoms with Gasteiger partial charge in [0.1, 0.15) is 17.1 Å². The third-order valence-corrected chi connectivity index (χ3v) is 3.18. The van der Waals surface area contributed by atoms with Crippen LogP contribution < -0.4 is 10.5 Å². The molecule has 20 heavy (non-hydrogen) atoms. The largest absolute Gasteiger partial charge is 0.497 e. The molecule has 0 unspecified atom stereocenters. The lowest BCUT2D eigenvalue weighted by Crippen LogP contribution is -2.01. The number of nitrogen functional groups attached to an aromatic ring is 1. The summed E-state index contributed by atoms with van der Waals surface area (Å²) in [5, 5.41) is 0.319. The van der Waals surface area contributed by atoms with E-state index in [0.29, 0.717) is 33.8 Å². The van der Waals surface area contributed by atoms with Gasteiger partial charge in [-0.15, -0.1) is 0 Å². The Hall–Kier alpha value is -2.34. The number of nitrogens with two attached hydrogens (primary N) is 1. The summed E-state index contributed by atoms with van der Waals surface area (Å²) in [5.74, 6) is 1.57. The van der Waals surface area contributed by atoms with Crippen molar-refractivity contribution in [2.75, 3.05) is 12.8 Å². The molecule has 0 spiro atoms. The van der Waals surface area contributed by atoms with Crippen molar-refractivity contribution in [2.24, 2.45) is 0 Å². The standard InChI is InChI=1S/C13H12ClN5O/c1-7-16-11(14)10-12(17-7)18-13(15)19(10)8-4-3-5-9(6-8)20-2/h3-6H,1-2H3,(H2,15,16,17,18). The molecule has 0 aliphatic heterocycles. The number of aromatic nitrogens is 4. The molecule has 0 amide bonds. The molecule has 0 saturated heterocycles. The maximum Gasteiger partial charge on any atom is 0.207 e. The molecule has 0 saturated carbocycles. The Labute approximate surface area is 120 Å². The van der Waals surface area contributed by atoms with Gasteiger partial charge < -0.3 is 10.5 Å². The van der Waals surface area contributed by atoms with E-state index in [4.69, 9.17) is 22.1 Å². The van der Waals surface area contributed by atoms with Crippen LogP contribution >= 0.6 is 11.6 Å². The first-order chi connectivity index (χ1) is 9.60. The first kappa shape index (κ1) is 12.7. The van der Waals surface area contributed by atoms with Crippen molar-refractivity contribution in [3.8, 4) is 11.4 Å². The van der Waals surface area contributed by atoms with E-state index in [1.165, 1.54) is 0 Å². The third-order valence-electron chi connectivity index (χ3n) is 2.92. The zero-order valence-electron chi connectivity index (χ0n) is 11.0. The van der Waals surface area contributed by atoms with E-state index in [0.717, 1.165) is 5.69 Å². The normalized spacial score (nSPS) is 10.9. The minimum atomic E-state index is 0.301. The summed E-state index contributed by atoms with van der Waals surface area (Å²) in [7, 11) is 1.61. The molecule has 6 nitrogen and oxygen atoms in total. The monoisotopic (exact) mass is 289 g/mol. The molecule has 3 rings (SSSR count). The van der Waals surface area contributed by atoms with Crippen LogP contribution in [-0.2, 0) is 0 Å². The number of fused-ring (bicyclic) bond motifs is 1. The molecule has 2 aromatic heterocycles. The topological polar surface area (TPSA) is 78.9 Å². The number of benzene rings is 1. The van der Waals surface area contributed by atoms with Gasteiger partial charge in [0.25, 0.3) is 0 Å². The van der Waals surface area contributed by atoms with Gasteiger partial charge in [-0.2, -0.15) is 4.98 Å². The molecule has 0 aliphatic carbocycles. The highest BCUT2D eigenvalue weighted by Crippen LogP contribution is 2.28. The lowest BCUT2D eigenvalue weighted by Gasteiger charge is -2.08. The number of rotatable bonds is 2. The van der Waals surface area contributed by atoms with Gasteiger partial charge in [-0.1, -0.05) is 17.7 Å². The highest BCUT2D eigenvalue weighted by molar-refractivity contribution is 6.33. The van der Waals surface area contributed by atoms with Crippen molar-refractivity contribution < 1.29 is 4.74 Å². The van der Waals surface area contributed by atoms with Crippen LogP contribution in [0, 0.1) is 6.92 Å². The second-order valence-corrected chi connectivity index (χ2v) is 4.60. The predicted molar refractivity (Wildman–Crippen MR) is 77.4 cm³/mol. The number of hydrogen-bond acceptors (Lipinski definition) is 5. The number of methoxy groups -OCH3 is 1. The van der Waals surface area contributed by atoms with E-state index >= 15 is 0 Å². The molecule has 0 bridgehead atoms. The number of halogens is 1. The molecule has 0 radical (unpaired) electrons. The van der Waals surface area contributed by atoms with E-state index in [1.54, 1.807) is 18.6 Å². The second kappa shape index (κ2) is 4.64. The van der Waals surface area contributed by atoms with Crippen LogP contribution in [0.25, 0.3) is 16.9 Å². The summed E-state index contributed by atoms with van der Waals surface area (Å²) in [6.45, 7) is 1.76.